The summed E-state index contributed by atoms with van der Waals surface area (Å²) < 4.78 is 15.6. The van der Waals surface area contributed by atoms with E-state index in [1.165, 1.54) is 6.07 Å². The summed E-state index contributed by atoms with van der Waals surface area (Å²) in [4.78, 5) is 4.41. The van der Waals surface area contributed by atoms with Crippen molar-refractivity contribution in [1.29, 1.82) is 0 Å². The van der Waals surface area contributed by atoms with Crippen molar-refractivity contribution in [2.45, 2.75) is 6.92 Å². The molecule has 20 heavy (non-hydrogen) atoms. The van der Waals surface area contributed by atoms with Gasteiger partial charge >= 0.3 is 0 Å². The van der Waals surface area contributed by atoms with Crippen molar-refractivity contribution in [3.8, 4) is 5.69 Å². The van der Waals surface area contributed by atoms with E-state index in [9.17, 15) is 4.39 Å². The van der Waals surface area contributed by atoms with E-state index < -0.39 is 0 Å². The molecule has 0 aliphatic rings. The first-order chi connectivity index (χ1) is 9.74. The van der Waals surface area contributed by atoms with E-state index in [2.05, 4.69) is 10.3 Å². The van der Waals surface area contributed by atoms with Crippen molar-refractivity contribution in [2.24, 2.45) is 0 Å². The third-order valence-electron chi connectivity index (χ3n) is 2.98. The average molecular weight is 267 g/mol. The number of nitrogens with zero attached hydrogens (tertiary/aromatic N) is 2. The molecule has 100 valence electrons. The van der Waals surface area contributed by atoms with E-state index in [1.54, 1.807) is 18.2 Å². The fraction of sp³-hybridized carbons (Fsp3) is 0.0625. The van der Waals surface area contributed by atoms with Gasteiger partial charge < -0.3 is 5.32 Å². The van der Waals surface area contributed by atoms with Gasteiger partial charge in [-0.2, -0.15) is 0 Å². The number of para-hydroxylation sites is 2. The zero-order valence-electron chi connectivity index (χ0n) is 11.0. The number of halogens is 1. The lowest BCUT2D eigenvalue weighted by atomic mass is 10.3. The third kappa shape index (κ3) is 2.40. The van der Waals surface area contributed by atoms with Crippen molar-refractivity contribution < 1.29 is 4.39 Å². The van der Waals surface area contributed by atoms with E-state index in [0.29, 0.717) is 11.6 Å². The minimum absolute atomic E-state index is 0.298. The molecule has 0 saturated heterocycles. The Morgan fingerprint density at radius 1 is 1.00 bits per heavy atom. The van der Waals surface area contributed by atoms with Crippen LogP contribution in [0.5, 0.6) is 0 Å². The van der Waals surface area contributed by atoms with Crippen LogP contribution in [0.15, 0.2) is 60.8 Å². The Morgan fingerprint density at radius 2 is 1.70 bits per heavy atom. The number of aromatic nitrogens is 2. The van der Waals surface area contributed by atoms with Gasteiger partial charge in [-0.1, -0.05) is 30.3 Å². The van der Waals surface area contributed by atoms with Crippen LogP contribution in [-0.4, -0.2) is 9.55 Å². The molecule has 0 aliphatic heterocycles. The Labute approximate surface area is 116 Å². The Bertz CT molecular complexity index is 720. The summed E-state index contributed by atoms with van der Waals surface area (Å²) >= 11 is 0. The number of benzene rings is 2. The SMILES string of the molecule is Cc1cn(-c2ccccc2)c(Nc2ccccc2F)n1. The van der Waals surface area contributed by atoms with Gasteiger partial charge in [0, 0.05) is 11.9 Å². The van der Waals surface area contributed by atoms with Gasteiger partial charge in [0.25, 0.3) is 0 Å². The summed E-state index contributed by atoms with van der Waals surface area (Å²) in [5.74, 6) is 0.298. The number of nitrogens with one attached hydrogen (secondary N) is 1. The van der Waals surface area contributed by atoms with Crippen LogP contribution in [0.25, 0.3) is 5.69 Å². The second-order valence-corrected chi connectivity index (χ2v) is 4.52. The number of anilines is 2. The smallest absolute Gasteiger partial charge is 0.212 e. The molecular weight excluding hydrogens is 253 g/mol. The lowest BCUT2D eigenvalue weighted by Gasteiger charge is -2.10. The van der Waals surface area contributed by atoms with Crippen molar-refractivity contribution >= 4 is 11.6 Å². The highest BCUT2D eigenvalue weighted by atomic mass is 19.1. The Morgan fingerprint density at radius 3 is 2.45 bits per heavy atom. The van der Waals surface area contributed by atoms with Crippen molar-refractivity contribution in [2.75, 3.05) is 5.32 Å². The summed E-state index contributed by atoms with van der Waals surface area (Å²) in [5, 5.41) is 3.04. The van der Waals surface area contributed by atoms with Gasteiger partial charge in [-0.05, 0) is 31.2 Å². The van der Waals surface area contributed by atoms with Crippen LogP contribution >= 0.6 is 0 Å². The van der Waals surface area contributed by atoms with Crippen LogP contribution in [0.1, 0.15) is 5.69 Å². The molecule has 0 fully saturated rings. The monoisotopic (exact) mass is 267 g/mol. The highest BCUT2D eigenvalue weighted by Gasteiger charge is 2.09. The van der Waals surface area contributed by atoms with E-state index in [4.69, 9.17) is 0 Å². The summed E-state index contributed by atoms with van der Waals surface area (Å²) in [6.45, 7) is 1.91. The van der Waals surface area contributed by atoms with Crippen LogP contribution in [0, 0.1) is 12.7 Å². The molecule has 0 radical (unpaired) electrons. The molecule has 1 aromatic heterocycles. The molecule has 0 bridgehead atoms. The van der Waals surface area contributed by atoms with Gasteiger partial charge in [0.1, 0.15) is 5.82 Å². The third-order valence-corrected chi connectivity index (χ3v) is 2.98. The standard InChI is InChI=1S/C16H14FN3/c1-12-11-20(13-7-3-2-4-8-13)16(18-12)19-15-10-6-5-9-14(15)17/h2-11H,1H3,(H,18,19). The minimum Gasteiger partial charge on any atom is -0.323 e. The van der Waals surface area contributed by atoms with Gasteiger partial charge in [-0.15, -0.1) is 0 Å². The molecule has 3 nitrogen and oxygen atoms in total. The maximum Gasteiger partial charge on any atom is 0.212 e. The fourth-order valence-corrected chi connectivity index (χ4v) is 2.05. The van der Waals surface area contributed by atoms with Gasteiger partial charge in [0.15, 0.2) is 0 Å². The quantitative estimate of drug-likeness (QED) is 0.775. The van der Waals surface area contributed by atoms with Crippen LogP contribution < -0.4 is 5.32 Å². The summed E-state index contributed by atoms with van der Waals surface area (Å²) in [7, 11) is 0. The average Bonchev–Trinajstić information content (AvgIpc) is 2.83. The van der Waals surface area contributed by atoms with E-state index in [-0.39, 0.29) is 5.82 Å². The summed E-state index contributed by atoms with van der Waals surface area (Å²) in [5.41, 5.74) is 2.26. The molecule has 4 heteroatoms. The second-order valence-electron chi connectivity index (χ2n) is 4.52. The van der Waals surface area contributed by atoms with Crippen LogP contribution in [0.2, 0.25) is 0 Å². The molecule has 0 amide bonds. The van der Waals surface area contributed by atoms with E-state index in [0.717, 1.165) is 11.4 Å². The molecule has 0 spiro atoms. The Balaban J connectivity index is 2.01. The fourth-order valence-electron chi connectivity index (χ4n) is 2.05. The molecule has 0 unspecified atom stereocenters. The number of imidazole rings is 1. The maximum absolute atomic E-state index is 13.7. The van der Waals surface area contributed by atoms with E-state index >= 15 is 0 Å². The predicted molar refractivity (Wildman–Crippen MR) is 78.0 cm³/mol. The highest BCUT2D eigenvalue weighted by Crippen LogP contribution is 2.22. The second kappa shape index (κ2) is 5.17. The normalized spacial score (nSPS) is 10.5. The lowest BCUT2D eigenvalue weighted by Crippen LogP contribution is -2.02. The van der Waals surface area contributed by atoms with Crippen LogP contribution in [0.4, 0.5) is 16.0 Å². The summed E-state index contributed by atoms with van der Waals surface area (Å²) in [6.07, 6.45) is 1.92. The van der Waals surface area contributed by atoms with Crippen molar-refractivity contribution in [3.05, 3.63) is 72.3 Å². The number of hydrogen-bond donors (Lipinski definition) is 1. The van der Waals surface area contributed by atoms with Crippen molar-refractivity contribution in [1.82, 2.24) is 9.55 Å². The Kier molecular flexibility index (Phi) is 3.21. The Hall–Kier alpha value is -2.62. The number of aryl methyl sites for hydroxylation is 1. The molecule has 1 N–H and O–H groups in total. The molecule has 3 aromatic rings. The van der Waals surface area contributed by atoms with Crippen molar-refractivity contribution in [3.63, 3.8) is 0 Å². The van der Waals surface area contributed by atoms with Crippen LogP contribution in [-0.2, 0) is 0 Å². The van der Waals surface area contributed by atoms with Gasteiger partial charge in [-0.25, -0.2) is 9.37 Å². The van der Waals surface area contributed by atoms with E-state index in [1.807, 2.05) is 48.0 Å². The number of hydrogen-bond acceptors (Lipinski definition) is 2. The molecular formula is C16H14FN3. The molecule has 1 heterocycles. The number of rotatable bonds is 3. The largest absolute Gasteiger partial charge is 0.323 e. The summed E-state index contributed by atoms with van der Waals surface area (Å²) in [6, 6.07) is 16.4. The highest BCUT2D eigenvalue weighted by molar-refractivity contribution is 5.57. The van der Waals surface area contributed by atoms with Gasteiger partial charge in [0.05, 0.1) is 11.4 Å². The van der Waals surface area contributed by atoms with Gasteiger partial charge in [-0.3, -0.25) is 4.57 Å². The van der Waals surface area contributed by atoms with Gasteiger partial charge in [0.2, 0.25) is 5.95 Å². The maximum atomic E-state index is 13.7. The first kappa shape index (κ1) is 12.4. The zero-order chi connectivity index (χ0) is 13.9. The molecule has 0 atom stereocenters. The molecule has 2 aromatic carbocycles. The lowest BCUT2D eigenvalue weighted by molar-refractivity contribution is 0.631. The molecule has 0 saturated carbocycles. The first-order valence-corrected chi connectivity index (χ1v) is 6.37. The first-order valence-electron chi connectivity index (χ1n) is 6.37. The molecule has 0 aliphatic carbocycles. The minimum atomic E-state index is -0.298. The zero-order valence-corrected chi connectivity index (χ0v) is 11.0. The molecule has 3 rings (SSSR count). The predicted octanol–water partition coefficient (Wildman–Crippen LogP) is 4.06. The topological polar surface area (TPSA) is 29.9 Å². The van der Waals surface area contributed by atoms with Crippen LogP contribution in [0.3, 0.4) is 0 Å².